The number of halogens is 1. The highest BCUT2D eigenvalue weighted by Crippen LogP contribution is 2.50. The van der Waals surface area contributed by atoms with E-state index in [2.05, 4.69) is 33.4 Å². The van der Waals surface area contributed by atoms with Crippen LogP contribution in [0.15, 0.2) is 59.1 Å². The van der Waals surface area contributed by atoms with Gasteiger partial charge in [-0.2, -0.15) is 0 Å². The van der Waals surface area contributed by atoms with Crippen LogP contribution in [0.4, 0.5) is 5.69 Å². The Morgan fingerprint density at radius 2 is 1.70 bits per heavy atom. The topological polar surface area (TPSA) is 49.4 Å². The number of nitrogens with one attached hydrogen (secondary N) is 1. The molecule has 0 spiro atoms. The van der Waals surface area contributed by atoms with Gasteiger partial charge in [0.25, 0.3) is 0 Å². The lowest BCUT2D eigenvalue weighted by atomic mass is 9.91. The summed E-state index contributed by atoms with van der Waals surface area (Å²) in [4.78, 5) is 27.6. The van der Waals surface area contributed by atoms with Crippen LogP contribution in [-0.4, -0.2) is 29.8 Å². The first kappa shape index (κ1) is 18.2. The Labute approximate surface area is 168 Å². The minimum atomic E-state index is -0.344. The number of amides is 2. The number of piperidine rings is 1. The number of anilines is 1. The Balaban J connectivity index is 1.36. The Bertz CT molecular complexity index is 840. The van der Waals surface area contributed by atoms with E-state index >= 15 is 0 Å². The van der Waals surface area contributed by atoms with Gasteiger partial charge in [-0.15, -0.1) is 0 Å². The van der Waals surface area contributed by atoms with Gasteiger partial charge in [-0.3, -0.25) is 9.59 Å². The maximum Gasteiger partial charge on any atom is 0.233 e. The lowest BCUT2D eigenvalue weighted by Gasteiger charge is -2.34. The smallest absolute Gasteiger partial charge is 0.233 e. The molecule has 1 aliphatic carbocycles. The molecule has 1 N–H and O–H groups in total. The predicted molar refractivity (Wildman–Crippen MR) is 109 cm³/mol. The van der Waals surface area contributed by atoms with Gasteiger partial charge >= 0.3 is 0 Å². The minimum Gasteiger partial charge on any atom is -0.342 e. The number of carbonyl (C=O) groups is 2. The van der Waals surface area contributed by atoms with Gasteiger partial charge in [0, 0.05) is 29.2 Å². The number of likely N-dealkylation sites (tertiary alicyclic amines) is 1. The second-order valence-electron chi connectivity index (χ2n) is 7.51. The van der Waals surface area contributed by atoms with Gasteiger partial charge in [0.1, 0.15) is 0 Å². The summed E-state index contributed by atoms with van der Waals surface area (Å²) in [5, 5.41) is 2.98. The van der Waals surface area contributed by atoms with Gasteiger partial charge in [-0.25, -0.2) is 0 Å². The summed E-state index contributed by atoms with van der Waals surface area (Å²) in [6.45, 7) is 1.31. The van der Waals surface area contributed by atoms with Crippen molar-refractivity contribution in [3.63, 3.8) is 0 Å². The number of rotatable bonds is 4. The van der Waals surface area contributed by atoms with Crippen molar-refractivity contribution in [3.8, 4) is 0 Å². The average Bonchev–Trinajstić information content (AvgIpc) is 3.50. The molecule has 0 atom stereocenters. The minimum absolute atomic E-state index is 0.0321. The zero-order chi connectivity index (χ0) is 18.9. The van der Waals surface area contributed by atoms with Crippen molar-refractivity contribution >= 4 is 33.4 Å². The van der Waals surface area contributed by atoms with E-state index in [0.717, 1.165) is 41.4 Å². The van der Waals surface area contributed by atoms with Crippen LogP contribution in [0.2, 0.25) is 0 Å². The number of para-hydroxylation sites is 1. The van der Waals surface area contributed by atoms with Gasteiger partial charge in [0.15, 0.2) is 0 Å². The third-order valence-electron chi connectivity index (χ3n) is 5.73. The fraction of sp³-hybridized carbons (Fsp3) is 0.364. The first-order chi connectivity index (χ1) is 13.1. The van der Waals surface area contributed by atoms with Crippen LogP contribution in [0.3, 0.4) is 0 Å². The number of carbonyl (C=O) groups excluding carboxylic acids is 2. The van der Waals surface area contributed by atoms with E-state index in [-0.39, 0.29) is 23.1 Å². The van der Waals surface area contributed by atoms with Gasteiger partial charge in [-0.1, -0.05) is 46.3 Å². The molecule has 1 saturated heterocycles. The third-order valence-corrected chi connectivity index (χ3v) is 6.22. The Hall–Kier alpha value is -2.14. The van der Waals surface area contributed by atoms with Gasteiger partial charge < -0.3 is 10.2 Å². The third kappa shape index (κ3) is 3.79. The van der Waals surface area contributed by atoms with Crippen LogP contribution in [-0.2, 0) is 15.0 Å². The summed E-state index contributed by atoms with van der Waals surface area (Å²) < 4.78 is 1.01. The van der Waals surface area contributed by atoms with E-state index in [4.69, 9.17) is 0 Å². The molecule has 0 bridgehead atoms. The highest BCUT2D eigenvalue weighted by Gasteiger charge is 2.53. The molecule has 2 aromatic carbocycles. The van der Waals surface area contributed by atoms with Crippen LogP contribution in [0.25, 0.3) is 0 Å². The molecule has 4 rings (SSSR count). The van der Waals surface area contributed by atoms with Crippen molar-refractivity contribution in [1.29, 1.82) is 0 Å². The predicted octanol–water partition coefficient (Wildman–Crippen LogP) is 4.36. The maximum absolute atomic E-state index is 13.2. The van der Waals surface area contributed by atoms with Gasteiger partial charge in [0.2, 0.25) is 11.8 Å². The standard InChI is InChI=1S/C22H23BrN2O2/c23-18-6-4-5-17(15-18)22(11-12-22)21(27)25-13-9-16(10-14-25)20(26)24-19-7-2-1-3-8-19/h1-8,15-16H,9-14H2,(H,24,26). The lowest BCUT2D eigenvalue weighted by molar-refractivity contribution is -0.137. The molecule has 2 aromatic rings. The van der Waals surface area contributed by atoms with E-state index in [9.17, 15) is 9.59 Å². The second kappa shape index (κ2) is 7.47. The molecule has 27 heavy (non-hydrogen) atoms. The fourth-order valence-corrected chi connectivity index (χ4v) is 4.35. The monoisotopic (exact) mass is 426 g/mol. The molecule has 5 heteroatoms. The summed E-state index contributed by atoms with van der Waals surface area (Å²) >= 11 is 3.51. The summed E-state index contributed by atoms with van der Waals surface area (Å²) in [5.74, 6) is 0.249. The quantitative estimate of drug-likeness (QED) is 0.789. The lowest BCUT2D eigenvalue weighted by Crippen LogP contribution is -2.45. The molecule has 1 saturated carbocycles. The first-order valence-corrected chi connectivity index (χ1v) is 10.3. The fourth-order valence-electron chi connectivity index (χ4n) is 3.95. The summed E-state index contributed by atoms with van der Waals surface area (Å²) in [6, 6.07) is 17.6. The van der Waals surface area contributed by atoms with Crippen LogP contribution >= 0.6 is 15.9 Å². The van der Waals surface area contributed by atoms with Crippen LogP contribution in [0, 0.1) is 5.92 Å². The maximum atomic E-state index is 13.2. The summed E-state index contributed by atoms with van der Waals surface area (Å²) in [5.41, 5.74) is 1.58. The highest BCUT2D eigenvalue weighted by atomic mass is 79.9. The van der Waals surface area contributed by atoms with E-state index in [1.165, 1.54) is 0 Å². The molecular weight excluding hydrogens is 404 g/mol. The molecule has 0 aromatic heterocycles. The molecule has 2 aliphatic rings. The zero-order valence-electron chi connectivity index (χ0n) is 15.2. The average molecular weight is 427 g/mol. The first-order valence-electron chi connectivity index (χ1n) is 9.50. The number of hydrogen-bond acceptors (Lipinski definition) is 2. The highest BCUT2D eigenvalue weighted by molar-refractivity contribution is 9.10. The molecule has 1 aliphatic heterocycles. The van der Waals surface area contributed by atoms with Crippen molar-refractivity contribution in [2.75, 3.05) is 18.4 Å². The Morgan fingerprint density at radius 3 is 2.33 bits per heavy atom. The Kier molecular flexibility index (Phi) is 5.04. The normalized spacial score (nSPS) is 18.8. The van der Waals surface area contributed by atoms with E-state index < -0.39 is 0 Å². The number of benzene rings is 2. The summed E-state index contributed by atoms with van der Waals surface area (Å²) in [7, 11) is 0. The second-order valence-corrected chi connectivity index (χ2v) is 8.43. The van der Waals surface area contributed by atoms with Crippen molar-refractivity contribution in [2.24, 2.45) is 5.92 Å². The molecule has 1 heterocycles. The molecule has 140 valence electrons. The molecule has 0 unspecified atom stereocenters. The van der Waals surface area contributed by atoms with Crippen LogP contribution in [0.1, 0.15) is 31.2 Å². The van der Waals surface area contributed by atoms with Crippen molar-refractivity contribution in [3.05, 3.63) is 64.6 Å². The molecule has 2 fully saturated rings. The van der Waals surface area contributed by atoms with Crippen LogP contribution < -0.4 is 5.32 Å². The molecule has 0 radical (unpaired) electrons. The van der Waals surface area contributed by atoms with Gasteiger partial charge in [-0.05, 0) is 55.5 Å². The van der Waals surface area contributed by atoms with Crippen molar-refractivity contribution < 1.29 is 9.59 Å². The summed E-state index contributed by atoms with van der Waals surface area (Å²) in [6.07, 6.45) is 3.27. The zero-order valence-corrected chi connectivity index (χ0v) is 16.7. The molecule has 4 nitrogen and oxygen atoms in total. The molecule has 2 amide bonds. The van der Waals surface area contributed by atoms with Crippen LogP contribution in [0.5, 0.6) is 0 Å². The SMILES string of the molecule is O=C(Nc1ccccc1)C1CCN(C(=O)C2(c3cccc(Br)c3)CC2)CC1. The number of hydrogen-bond donors (Lipinski definition) is 1. The van der Waals surface area contributed by atoms with E-state index in [0.29, 0.717) is 13.1 Å². The largest absolute Gasteiger partial charge is 0.342 e. The number of nitrogens with zero attached hydrogens (tertiary/aromatic N) is 1. The van der Waals surface area contributed by atoms with E-state index in [1.807, 2.05) is 47.4 Å². The molecular formula is C22H23BrN2O2. The Morgan fingerprint density at radius 1 is 1.00 bits per heavy atom. The van der Waals surface area contributed by atoms with E-state index in [1.54, 1.807) is 0 Å². The van der Waals surface area contributed by atoms with Gasteiger partial charge in [0.05, 0.1) is 5.41 Å². The van der Waals surface area contributed by atoms with Crippen molar-refractivity contribution in [2.45, 2.75) is 31.1 Å². The van der Waals surface area contributed by atoms with Crippen molar-refractivity contribution in [1.82, 2.24) is 4.90 Å².